The first-order chi connectivity index (χ1) is 14.4. The Hall–Kier alpha value is -3.14. The van der Waals surface area contributed by atoms with Gasteiger partial charge < -0.3 is 10.1 Å². The molecule has 0 saturated carbocycles. The third-order valence-corrected chi connectivity index (χ3v) is 4.84. The lowest BCUT2D eigenvalue weighted by molar-refractivity contribution is 0.130. The van der Waals surface area contributed by atoms with Gasteiger partial charge >= 0.3 is 6.09 Å². The average molecular weight is 445 g/mol. The van der Waals surface area contributed by atoms with Crippen molar-refractivity contribution < 1.29 is 18.3 Å². The predicted molar refractivity (Wildman–Crippen MR) is 108 cm³/mol. The summed E-state index contributed by atoms with van der Waals surface area (Å²) in [5.41, 5.74) is 1.63. The Morgan fingerprint density at radius 2 is 1.70 bits per heavy atom. The predicted octanol–water partition coefficient (Wildman–Crippen LogP) is 5.59. The molecule has 1 N–H and O–H groups in total. The Morgan fingerprint density at radius 3 is 2.47 bits per heavy atom. The smallest absolute Gasteiger partial charge is 0.408 e. The molecule has 0 spiro atoms. The van der Waals surface area contributed by atoms with E-state index in [2.05, 4.69) is 22.1 Å². The first kappa shape index (κ1) is 20.1. The normalized spacial score (nSPS) is 17.7. The molecular weight excluding hydrogens is 433 g/mol. The van der Waals surface area contributed by atoms with Crippen LogP contribution in [0.25, 0.3) is 0 Å². The molecule has 150 valence electrons. The third kappa shape index (κ3) is 4.38. The summed E-state index contributed by atoms with van der Waals surface area (Å²) >= 11 is 12.0. The Balaban J connectivity index is 1.66. The molecule has 1 aliphatic heterocycles. The van der Waals surface area contributed by atoms with Crippen molar-refractivity contribution in [3.05, 3.63) is 98.8 Å². The lowest BCUT2D eigenvalue weighted by atomic mass is 9.96. The van der Waals surface area contributed by atoms with Crippen molar-refractivity contribution in [2.24, 2.45) is 0 Å². The molecule has 0 bridgehead atoms. The van der Waals surface area contributed by atoms with Gasteiger partial charge in [0.15, 0.2) is 6.10 Å². The van der Waals surface area contributed by atoms with Crippen LogP contribution in [-0.4, -0.2) is 11.1 Å². The number of halogens is 4. The van der Waals surface area contributed by atoms with Crippen LogP contribution in [0, 0.1) is 23.5 Å². The molecule has 0 aliphatic carbocycles. The number of amides is 1. The third-order valence-electron chi connectivity index (χ3n) is 4.41. The van der Waals surface area contributed by atoms with E-state index in [1.54, 1.807) is 24.3 Å². The summed E-state index contributed by atoms with van der Waals surface area (Å²) in [7, 11) is 0. The molecule has 1 amide bonds. The summed E-state index contributed by atoms with van der Waals surface area (Å²) in [6.07, 6.45) is 1.26. The highest BCUT2D eigenvalue weighted by Gasteiger charge is 2.38. The van der Waals surface area contributed by atoms with Gasteiger partial charge in [0.25, 0.3) is 0 Å². The molecule has 1 unspecified atom stereocenters. The number of rotatable bonds is 2. The zero-order valence-electron chi connectivity index (χ0n) is 15.1. The SMILES string of the molecule is O=C1N[C@H](c2cncc(C#Cc3cc(Cl)cc(Cl)c3)c2)C(c2cc(F)ccc2F)O1. The minimum absolute atomic E-state index is 0.0663. The zero-order valence-corrected chi connectivity index (χ0v) is 16.6. The summed E-state index contributed by atoms with van der Waals surface area (Å²) in [6.45, 7) is 0. The topological polar surface area (TPSA) is 51.2 Å². The molecular formula is C22H12Cl2F2N2O2. The molecule has 2 heterocycles. The number of aromatic nitrogens is 1. The van der Waals surface area contributed by atoms with Crippen LogP contribution in [0.15, 0.2) is 54.9 Å². The molecule has 4 nitrogen and oxygen atoms in total. The summed E-state index contributed by atoms with van der Waals surface area (Å²) < 4.78 is 33.1. The maximum atomic E-state index is 14.2. The molecule has 3 aromatic rings. The summed E-state index contributed by atoms with van der Waals surface area (Å²) in [5.74, 6) is 4.58. The first-order valence-corrected chi connectivity index (χ1v) is 9.50. The minimum atomic E-state index is -1.05. The Bertz CT molecular complexity index is 1190. The van der Waals surface area contributed by atoms with Gasteiger partial charge in [0.1, 0.15) is 17.7 Å². The van der Waals surface area contributed by atoms with Crippen LogP contribution >= 0.6 is 23.2 Å². The van der Waals surface area contributed by atoms with Gasteiger partial charge in [-0.2, -0.15) is 0 Å². The minimum Gasteiger partial charge on any atom is -0.439 e. The second kappa shape index (κ2) is 8.31. The van der Waals surface area contributed by atoms with Gasteiger partial charge in [0.05, 0.1) is 0 Å². The van der Waals surface area contributed by atoms with E-state index in [4.69, 9.17) is 27.9 Å². The molecule has 0 radical (unpaired) electrons. The molecule has 1 saturated heterocycles. The number of hydrogen-bond donors (Lipinski definition) is 1. The molecule has 2 atom stereocenters. The van der Waals surface area contributed by atoms with Crippen molar-refractivity contribution in [2.75, 3.05) is 0 Å². The lowest BCUT2D eigenvalue weighted by Crippen LogP contribution is -2.20. The van der Waals surface area contributed by atoms with Gasteiger partial charge in [-0.3, -0.25) is 4.98 Å². The van der Waals surface area contributed by atoms with E-state index < -0.39 is 29.9 Å². The van der Waals surface area contributed by atoms with Gasteiger partial charge in [-0.05, 0) is 48.0 Å². The Kier molecular flexibility index (Phi) is 5.58. The van der Waals surface area contributed by atoms with Crippen LogP contribution in [0.4, 0.5) is 13.6 Å². The van der Waals surface area contributed by atoms with Crippen LogP contribution in [0.5, 0.6) is 0 Å². The van der Waals surface area contributed by atoms with E-state index in [0.717, 1.165) is 18.2 Å². The van der Waals surface area contributed by atoms with Crippen LogP contribution < -0.4 is 5.32 Å². The van der Waals surface area contributed by atoms with Crippen molar-refractivity contribution in [1.82, 2.24) is 10.3 Å². The number of carbonyl (C=O) groups is 1. The monoisotopic (exact) mass is 444 g/mol. The standard InChI is InChI=1S/C22H12Cl2F2N2O2/c23-15-6-12(7-16(24)8-15)1-2-13-5-14(11-27-10-13)20-21(30-22(29)28-20)18-9-17(25)3-4-19(18)26/h3-11,20-21H,(H,28,29)/t20-,21?/m1/s1. The quantitative estimate of drug-likeness (QED) is 0.524. The number of pyridine rings is 1. The maximum Gasteiger partial charge on any atom is 0.408 e. The van der Waals surface area contributed by atoms with E-state index in [1.807, 2.05) is 0 Å². The van der Waals surface area contributed by atoms with Crippen LogP contribution in [-0.2, 0) is 4.74 Å². The second-order valence-electron chi connectivity index (χ2n) is 6.53. The van der Waals surface area contributed by atoms with Gasteiger partial charge in [-0.1, -0.05) is 35.0 Å². The molecule has 1 aromatic heterocycles. The number of nitrogens with zero attached hydrogens (tertiary/aromatic N) is 1. The fraction of sp³-hybridized carbons (Fsp3) is 0.0909. The number of ether oxygens (including phenoxy) is 1. The van der Waals surface area contributed by atoms with E-state index in [-0.39, 0.29) is 5.56 Å². The number of hydrogen-bond acceptors (Lipinski definition) is 3. The van der Waals surface area contributed by atoms with Gasteiger partial charge in [-0.15, -0.1) is 0 Å². The van der Waals surface area contributed by atoms with E-state index >= 15 is 0 Å². The highest BCUT2D eigenvalue weighted by atomic mass is 35.5. The number of benzene rings is 2. The number of carbonyl (C=O) groups excluding carboxylic acids is 1. The average Bonchev–Trinajstić information content (AvgIpc) is 3.09. The molecule has 4 rings (SSSR count). The fourth-order valence-corrected chi connectivity index (χ4v) is 3.65. The van der Waals surface area contributed by atoms with E-state index in [9.17, 15) is 13.6 Å². The van der Waals surface area contributed by atoms with Gasteiger partial charge in [0, 0.05) is 39.1 Å². The first-order valence-electron chi connectivity index (χ1n) is 8.74. The molecule has 30 heavy (non-hydrogen) atoms. The Morgan fingerprint density at radius 1 is 0.967 bits per heavy atom. The Labute approximate surface area is 180 Å². The summed E-state index contributed by atoms with van der Waals surface area (Å²) in [4.78, 5) is 16.0. The molecule has 1 fully saturated rings. The second-order valence-corrected chi connectivity index (χ2v) is 7.40. The van der Waals surface area contributed by atoms with Crippen LogP contribution in [0.1, 0.15) is 34.4 Å². The van der Waals surface area contributed by atoms with Crippen LogP contribution in [0.2, 0.25) is 10.0 Å². The van der Waals surface area contributed by atoms with E-state index in [0.29, 0.717) is 26.7 Å². The van der Waals surface area contributed by atoms with Gasteiger partial charge in [0.2, 0.25) is 0 Å². The highest BCUT2D eigenvalue weighted by molar-refractivity contribution is 6.34. The van der Waals surface area contributed by atoms with Crippen LogP contribution in [0.3, 0.4) is 0 Å². The summed E-state index contributed by atoms with van der Waals surface area (Å²) in [5, 5.41) is 3.53. The number of alkyl carbamates (subject to hydrolysis) is 1. The largest absolute Gasteiger partial charge is 0.439 e. The van der Waals surface area contributed by atoms with E-state index in [1.165, 1.54) is 12.4 Å². The molecule has 2 aromatic carbocycles. The zero-order chi connectivity index (χ0) is 21.3. The number of cyclic esters (lactones) is 1. The molecule has 8 heteroatoms. The maximum absolute atomic E-state index is 14.2. The summed E-state index contributed by atoms with van der Waals surface area (Å²) in [6, 6.07) is 8.87. The fourth-order valence-electron chi connectivity index (χ4n) is 3.12. The van der Waals surface area contributed by atoms with Crippen molar-refractivity contribution in [1.29, 1.82) is 0 Å². The van der Waals surface area contributed by atoms with Gasteiger partial charge in [-0.25, -0.2) is 13.6 Å². The number of nitrogens with one attached hydrogen (secondary N) is 1. The highest BCUT2D eigenvalue weighted by Crippen LogP contribution is 2.38. The lowest BCUT2D eigenvalue weighted by Gasteiger charge is -2.18. The van der Waals surface area contributed by atoms with Crippen molar-refractivity contribution in [3.8, 4) is 11.8 Å². The van der Waals surface area contributed by atoms with Crippen molar-refractivity contribution in [3.63, 3.8) is 0 Å². The van der Waals surface area contributed by atoms with Crippen molar-refractivity contribution >= 4 is 29.3 Å². The van der Waals surface area contributed by atoms with Crippen molar-refractivity contribution in [2.45, 2.75) is 12.1 Å². The molecule has 1 aliphatic rings.